The van der Waals surface area contributed by atoms with Crippen LogP contribution in [0.1, 0.15) is 12.5 Å². The van der Waals surface area contributed by atoms with Crippen molar-refractivity contribution in [2.45, 2.75) is 19.6 Å². The van der Waals surface area contributed by atoms with Gasteiger partial charge in [0.05, 0.1) is 5.02 Å². The minimum absolute atomic E-state index is 0.265. The fraction of sp³-hybridized carbons (Fsp3) is 0.188. The van der Waals surface area contributed by atoms with E-state index in [-0.39, 0.29) is 11.7 Å². The maximum absolute atomic E-state index is 12.8. The van der Waals surface area contributed by atoms with Gasteiger partial charge in [-0.3, -0.25) is 4.79 Å². The van der Waals surface area contributed by atoms with Gasteiger partial charge < -0.3 is 10.1 Å². The molecule has 1 amide bonds. The van der Waals surface area contributed by atoms with Crippen molar-refractivity contribution >= 4 is 17.5 Å². The van der Waals surface area contributed by atoms with Crippen LogP contribution in [-0.4, -0.2) is 12.0 Å². The molecule has 110 valence electrons. The van der Waals surface area contributed by atoms with Crippen molar-refractivity contribution in [3.63, 3.8) is 0 Å². The van der Waals surface area contributed by atoms with E-state index < -0.39 is 6.10 Å². The van der Waals surface area contributed by atoms with Crippen molar-refractivity contribution in [2.75, 3.05) is 0 Å². The van der Waals surface area contributed by atoms with E-state index in [1.807, 2.05) is 0 Å². The Morgan fingerprint density at radius 2 is 1.90 bits per heavy atom. The molecule has 5 heteroatoms. The molecule has 0 radical (unpaired) electrons. The molecule has 2 rings (SSSR count). The Morgan fingerprint density at radius 1 is 1.24 bits per heavy atom. The summed E-state index contributed by atoms with van der Waals surface area (Å²) in [7, 11) is 0. The lowest BCUT2D eigenvalue weighted by molar-refractivity contribution is -0.127. The topological polar surface area (TPSA) is 38.3 Å². The second-order valence-corrected chi connectivity index (χ2v) is 4.94. The number of benzene rings is 2. The summed E-state index contributed by atoms with van der Waals surface area (Å²) in [6.07, 6.45) is -0.676. The maximum Gasteiger partial charge on any atom is 0.261 e. The summed E-state index contributed by atoms with van der Waals surface area (Å²) in [4.78, 5) is 11.9. The van der Waals surface area contributed by atoms with Crippen molar-refractivity contribution in [3.8, 4) is 5.75 Å². The predicted molar refractivity (Wildman–Crippen MR) is 79.8 cm³/mol. The van der Waals surface area contributed by atoms with Crippen LogP contribution >= 0.6 is 11.6 Å². The number of hydrogen-bond donors (Lipinski definition) is 1. The zero-order valence-corrected chi connectivity index (χ0v) is 12.2. The summed E-state index contributed by atoms with van der Waals surface area (Å²) in [5.74, 6) is -0.108. The van der Waals surface area contributed by atoms with E-state index in [1.54, 1.807) is 43.3 Å². The minimum Gasteiger partial charge on any atom is -0.479 e. The predicted octanol–water partition coefficient (Wildman–Crippen LogP) is 3.56. The zero-order chi connectivity index (χ0) is 15.2. The highest BCUT2D eigenvalue weighted by Crippen LogP contribution is 2.24. The zero-order valence-electron chi connectivity index (χ0n) is 11.5. The number of carbonyl (C=O) groups excluding carboxylic acids is 1. The van der Waals surface area contributed by atoms with Crippen LogP contribution in [0.25, 0.3) is 0 Å². The molecule has 0 fully saturated rings. The molecule has 2 aromatic rings. The lowest BCUT2D eigenvalue weighted by atomic mass is 10.2. The molecule has 1 atom stereocenters. The third-order valence-corrected chi connectivity index (χ3v) is 3.20. The van der Waals surface area contributed by atoms with Crippen LogP contribution in [0, 0.1) is 5.82 Å². The van der Waals surface area contributed by atoms with Crippen molar-refractivity contribution in [2.24, 2.45) is 0 Å². The Labute approximate surface area is 127 Å². The van der Waals surface area contributed by atoms with E-state index in [4.69, 9.17) is 16.3 Å². The summed E-state index contributed by atoms with van der Waals surface area (Å²) >= 11 is 5.97. The highest BCUT2D eigenvalue weighted by Gasteiger charge is 2.15. The molecular formula is C16H15ClFNO2. The van der Waals surface area contributed by atoms with E-state index in [2.05, 4.69) is 5.32 Å². The van der Waals surface area contributed by atoms with Gasteiger partial charge in [-0.2, -0.15) is 0 Å². The number of amides is 1. The summed E-state index contributed by atoms with van der Waals surface area (Å²) < 4.78 is 18.3. The number of rotatable bonds is 5. The molecule has 0 aromatic heterocycles. The fourth-order valence-corrected chi connectivity index (χ4v) is 1.90. The largest absolute Gasteiger partial charge is 0.479 e. The third kappa shape index (κ3) is 4.46. The van der Waals surface area contributed by atoms with E-state index >= 15 is 0 Å². The number of halogens is 2. The Balaban J connectivity index is 1.88. The van der Waals surface area contributed by atoms with Crippen LogP contribution in [0.4, 0.5) is 4.39 Å². The molecule has 2 aromatic carbocycles. The van der Waals surface area contributed by atoms with Crippen LogP contribution in [0.15, 0.2) is 48.5 Å². The molecule has 3 nitrogen and oxygen atoms in total. The van der Waals surface area contributed by atoms with Crippen molar-refractivity contribution < 1.29 is 13.9 Å². The van der Waals surface area contributed by atoms with E-state index in [0.29, 0.717) is 17.3 Å². The first-order valence-electron chi connectivity index (χ1n) is 6.49. The lowest BCUT2D eigenvalue weighted by Crippen LogP contribution is -2.35. The average molecular weight is 308 g/mol. The number of nitrogens with one attached hydrogen (secondary N) is 1. The standard InChI is InChI=1S/C16H15ClFNO2/c1-11(21-15-5-3-2-4-14(15)17)16(20)19-10-12-6-8-13(18)9-7-12/h2-9,11H,10H2,1H3,(H,19,20)/t11-/m1/s1. The van der Waals surface area contributed by atoms with Crippen molar-refractivity contribution in [1.82, 2.24) is 5.32 Å². The van der Waals surface area contributed by atoms with Gasteiger partial charge in [0, 0.05) is 6.54 Å². The number of hydrogen-bond acceptors (Lipinski definition) is 2. The highest BCUT2D eigenvalue weighted by molar-refractivity contribution is 6.32. The van der Waals surface area contributed by atoms with E-state index in [9.17, 15) is 9.18 Å². The quantitative estimate of drug-likeness (QED) is 0.917. The highest BCUT2D eigenvalue weighted by atomic mass is 35.5. The summed E-state index contributed by atoms with van der Waals surface area (Å²) in [5.41, 5.74) is 0.815. The number of ether oxygens (including phenoxy) is 1. The first-order chi connectivity index (χ1) is 10.1. The first kappa shape index (κ1) is 15.3. The minimum atomic E-state index is -0.676. The molecule has 0 unspecified atom stereocenters. The van der Waals surface area contributed by atoms with Gasteiger partial charge in [0.2, 0.25) is 0 Å². The second-order valence-electron chi connectivity index (χ2n) is 4.53. The van der Waals surface area contributed by atoms with E-state index in [1.165, 1.54) is 12.1 Å². The lowest BCUT2D eigenvalue weighted by Gasteiger charge is -2.15. The van der Waals surface area contributed by atoms with Crippen LogP contribution < -0.4 is 10.1 Å². The molecule has 21 heavy (non-hydrogen) atoms. The normalized spacial score (nSPS) is 11.8. The van der Waals surface area contributed by atoms with Gasteiger partial charge in [-0.05, 0) is 36.8 Å². The summed E-state index contributed by atoms with van der Waals surface area (Å²) in [6.45, 7) is 1.96. The molecular weight excluding hydrogens is 293 g/mol. The molecule has 0 saturated heterocycles. The van der Waals surface area contributed by atoms with Gasteiger partial charge in [0.25, 0.3) is 5.91 Å². The van der Waals surface area contributed by atoms with Gasteiger partial charge in [-0.1, -0.05) is 35.9 Å². The molecule has 0 saturated carbocycles. The molecule has 0 spiro atoms. The van der Waals surface area contributed by atoms with Crippen LogP contribution in [0.2, 0.25) is 5.02 Å². The fourth-order valence-electron chi connectivity index (χ4n) is 1.72. The molecule has 1 N–H and O–H groups in total. The molecule has 0 aliphatic carbocycles. The van der Waals surface area contributed by atoms with Crippen molar-refractivity contribution in [1.29, 1.82) is 0 Å². The first-order valence-corrected chi connectivity index (χ1v) is 6.87. The van der Waals surface area contributed by atoms with E-state index in [0.717, 1.165) is 5.56 Å². The van der Waals surface area contributed by atoms with Gasteiger partial charge >= 0.3 is 0 Å². The van der Waals surface area contributed by atoms with Crippen LogP contribution in [0.3, 0.4) is 0 Å². The Morgan fingerprint density at radius 3 is 2.57 bits per heavy atom. The van der Waals surface area contributed by atoms with Crippen LogP contribution in [-0.2, 0) is 11.3 Å². The van der Waals surface area contributed by atoms with Crippen LogP contribution in [0.5, 0.6) is 5.75 Å². The molecule has 0 aliphatic rings. The second kappa shape index (κ2) is 7.09. The Bertz CT molecular complexity index is 616. The summed E-state index contributed by atoms with van der Waals surface area (Å²) in [5, 5.41) is 3.18. The van der Waals surface area contributed by atoms with Crippen molar-refractivity contribution in [3.05, 3.63) is 64.9 Å². The Hall–Kier alpha value is -2.07. The molecule has 0 heterocycles. The maximum atomic E-state index is 12.8. The van der Waals surface area contributed by atoms with Gasteiger partial charge in [0.1, 0.15) is 11.6 Å². The van der Waals surface area contributed by atoms with Gasteiger partial charge in [-0.25, -0.2) is 4.39 Å². The smallest absolute Gasteiger partial charge is 0.261 e. The summed E-state index contributed by atoms with van der Waals surface area (Å²) in [6, 6.07) is 12.9. The SMILES string of the molecule is C[C@@H](Oc1ccccc1Cl)C(=O)NCc1ccc(F)cc1. The monoisotopic (exact) mass is 307 g/mol. The number of para-hydroxylation sites is 1. The number of carbonyl (C=O) groups is 1. The Kier molecular flexibility index (Phi) is 5.17. The van der Waals surface area contributed by atoms with Gasteiger partial charge in [-0.15, -0.1) is 0 Å². The average Bonchev–Trinajstić information content (AvgIpc) is 2.48. The molecule has 0 aliphatic heterocycles. The van der Waals surface area contributed by atoms with Gasteiger partial charge in [0.15, 0.2) is 6.10 Å². The molecule has 0 bridgehead atoms. The third-order valence-electron chi connectivity index (χ3n) is 2.89.